The van der Waals surface area contributed by atoms with Crippen LogP contribution in [-0.4, -0.2) is 8.38 Å². The molecule has 0 heterocycles. The summed E-state index contributed by atoms with van der Waals surface area (Å²) in [6.45, 7) is 0. The van der Waals surface area contributed by atoms with Gasteiger partial charge in [0.05, 0.1) is 0 Å². The maximum absolute atomic E-state index is 7.41. The number of hydrogen-bond acceptors (Lipinski definition) is 3. The van der Waals surface area contributed by atoms with Crippen LogP contribution in [0.1, 0.15) is 0 Å². The molecule has 4 heteroatoms. The Hall–Kier alpha value is 0.399. The van der Waals surface area contributed by atoms with E-state index in [2.05, 4.69) is 4.75 Å². The van der Waals surface area contributed by atoms with Gasteiger partial charge in [-0.2, -0.15) is 0 Å². The maximum atomic E-state index is 7.41. The first-order valence-corrected chi connectivity index (χ1v) is 1.83. The molecule has 0 aromatic rings. The van der Waals surface area contributed by atoms with Crippen molar-refractivity contribution in [3.8, 4) is 0 Å². The van der Waals surface area contributed by atoms with Gasteiger partial charge >= 0.3 is 27.9 Å². The van der Waals surface area contributed by atoms with Crippen LogP contribution in [0.15, 0.2) is 0 Å². The van der Waals surface area contributed by atoms with E-state index in [-0.39, 0.29) is 0 Å². The first-order chi connectivity index (χ1) is 1.73. The Bertz CT molecular complexity index is 10.8. The van der Waals surface area contributed by atoms with Crippen molar-refractivity contribution in [3.05, 3.63) is 0 Å². The van der Waals surface area contributed by atoms with Gasteiger partial charge in [0, 0.05) is 0 Å². The predicted octanol–water partition coefficient (Wildman–Crippen LogP) is -1.71. The fourth-order valence-corrected chi connectivity index (χ4v) is 0. The summed E-state index contributed by atoms with van der Waals surface area (Å²) in [6, 6.07) is 0. The van der Waals surface area contributed by atoms with E-state index in [1.165, 1.54) is 0 Å². The summed E-state index contributed by atoms with van der Waals surface area (Å²) >= 11 is -1.81. The third-order valence-electron chi connectivity index (χ3n) is 0. The molecule has 4 heavy (non-hydrogen) atoms. The Balaban J connectivity index is 2.32. The van der Waals surface area contributed by atoms with Crippen LogP contribution in [0, 0.1) is 0 Å². The number of hydrogen-bond donors (Lipinski definition) is 3. The minimum absolute atomic E-state index is 1.81. The normalized spacial score (nSPS) is 11.2. The molecular formula is H4CuNO2. The number of nitrogens with two attached hydrogens (primary N) is 1. The fraction of sp³-hybridized carbons (Fsp3) is 0. The van der Waals surface area contributed by atoms with Crippen LogP contribution >= 0.6 is 0 Å². The van der Waals surface area contributed by atoms with Crippen molar-refractivity contribution in [1.29, 1.82) is 0 Å². The van der Waals surface area contributed by atoms with E-state index in [0.29, 0.717) is 0 Å². The zero-order chi connectivity index (χ0) is 3.58. The van der Waals surface area contributed by atoms with Crippen molar-refractivity contribution >= 4 is 0 Å². The number of rotatable bonds is 0. The monoisotopic (exact) mass is 113 g/mol. The molecule has 0 aliphatic carbocycles. The first kappa shape index (κ1) is 4.40. The SMILES string of the molecule is [NH2][Cu]([OH])[OH]. The Morgan fingerprint density at radius 3 is 1.50 bits per heavy atom. The molecule has 0 saturated carbocycles. The quantitative estimate of drug-likeness (QED) is 0.328. The minimum atomic E-state index is -1.81. The summed E-state index contributed by atoms with van der Waals surface area (Å²) in [7, 11) is 0. The van der Waals surface area contributed by atoms with Crippen molar-refractivity contribution < 1.29 is 23.2 Å². The van der Waals surface area contributed by atoms with Crippen LogP contribution in [0.5, 0.6) is 0 Å². The zero-order valence-corrected chi connectivity index (χ0v) is 2.71. The molecule has 4 N–H and O–H groups in total. The molecule has 0 aromatic carbocycles. The van der Waals surface area contributed by atoms with Crippen molar-refractivity contribution in [2.75, 3.05) is 0 Å². The molecule has 0 rings (SSSR count). The third kappa shape index (κ3) is 29.4. The first-order valence-electron chi connectivity index (χ1n) is 0.444. The summed E-state index contributed by atoms with van der Waals surface area (Å²) in [6.07, 6.45) is 0. The second kappa shape index (κ2) is 1.69. The molecule has 0 aliphatic rings. The van der Waals surface area contributed by atoms with E-state index in [9.17, 15) is 0 Å². The van der Waals surface area contributed by atoms with Gasteiger partial charge in [0.25, 0.3) is 0 Å². The van der Waals surface area contributed by atoms with Crippen LogP contribution < -0.4 is 4.75 Å². The summed E-state index contributed by atoms with van der Waals surface area (Å²) in [5.41, 5.74) is 0. The Labute approximate surface area is 28.8 Å². The van der Waals surface area contributed by atoms with Gasteiger partial charge in [-0.05, 0) is 0 Å². The van der Waals surface area contributed by atoms with E-state index in [1.54, 1.807) is 0 Å². The van der Waals surface area contributed by atoms with Crippen LogP contribution in [0.25, 0.3) is 0 Å². The summed E-state index contributed by atoms with van der Waals surface area (Å²) in [5.74, 6) is 0. The Kier molecular flexibility index (Phi) is 1.86. The van der Waals surface area contributed by atoms with Gasteiger partial charge in [0.2, 0.25) is 0 Å². The van der Waals surface area contributed by atoms with Gasteiger partial charge in [-0.1, -0.05) is 0 Å². The van der Waals surface area contributed by atoms with Gasteiger partial charge < -0.3 is 0 Å². The van der Waals surface area contributed by atoms with Gasteiger partial charge in [0.15, 0.2) is 0 Å². The molecule has 32 valence electrons. The summed E-state index contributed by atoms with van der Waals surface area (Å²) < 4.78 is 19.1. The fourth-order valence-electron chi connectivity index (χ4n) is 0. The molecule has 0 bridgehead atoms. The van der Waals surface area contributed by atoms with Gasteiger partial charge in [-0.15, -0.1) is 0 Å². The van der Waals surface area contributed by atoms with Crippen molar-refractivity contribution in [2.45, 2.75) is 0 Å². The van der Waals surface area contributed by atoms with Gasteiger partial charge in [-0.25, -0.2) is 0 Å². The molecule has 0 aromatic heterocycles. The van der Waals surface area contributed by atoms with Crippen molar-refractivity contribution in [1.82, 2.24) is 0 Å². The topological polar surface area (TPSA) is 66.5 Å². The molecular weight excluding hydrogens is 110 g/mol. The standard InChI is InChI=1S/Cu.H2N.2H2O/h;3*1H2/q+3;-1;;/p-2. The molecule has 3 nitrogen and oxygen atoms in total. The summed E-state index contributed by atoms with van der Waals surface area (Å²) in [4.78, 5) is 0. The van der Waals surface area contributed by atoms with E-state index < -0.39 is 14.8 Å². The average Bonchev–Trinajstić information content (AvgIpc) is 0.811. The summed E-state index contributed by atoms with van der Waals surface area (Å²) in [5, 5.41) is 0. The average molecular weight is 114 g/mol. The van der Waals surface area contributed by atoms with Crippen molar-refractivity contribution in [3.63, 3.8) is 0 Å². The molecule has 0 unspecified atom stereocenters. The van der Waals surface area contributed by atoms with Gasteiger partial charge in [-0.3, -0.25) is 0 Å². The van der Waals surface area contributed by atoms with E-state index in [0.717, 1.165) is 0 Å². The van der Waals surface area contributed by atoms with Crippen LogP contribution in [0.4, 0.5) is 0 Å². The molecule has 0 atom stereocenters. The predicted molar refractivity (Wildman–Crippen MR) is 8.62 cm³/mol. The molecule has 0 spiro atoms. The third-order valence-corrected chi connectivity index (χ3v) is 0. The molecule has 0 amide bonds. The van der Waals surface area contributed by atoms with Crippen molar-refractivity contribution in [2.24, 2.45) is 4.75 Å². The molecule has 0 fully saturated rings. The van der Waals surface area contributed by atoms with Crippen LogP contribution in [0.3, 0.4) is 0 Å². The second-order valence-electron chi connectivity index (χ2n) is 0.216. The van der Waals surface area contributed by atoms with Crippen LogP contribution in [0.2, 0.25) is 0 Å². The Morgan fingerprint density at radius 2 is 1.50 bits per heavy atom. The molecule has 0 radical (unpaired) electrons. The van der Waals surface area contributed by atoms with E-state index in [1.807, 2.05) is 0 Å². The molecule has 0 saturated heterocycles. The Morgan fingerprint density at radius 1 is 1.50 bits per heavy atom. The van der Waals surface area contributed by atoms with E-state index >= 15 is 0 Å². The van der Waals surface area contributed by atoms with E-state index in [4.69, 9.17) is 8.38 Å². The van der Waals surface area contributed by atoms with Gasteiger partial charge in [0.1, 0.15) is 0 Å². The zero-order valence-electron chi connectivity index (χ0n) is 1.77. The molecule has 0 aliphatic heterocycles. The van der Waals surface area contributed by atoms with Crippen LogP contribution in [-0.2, 0) is 14.8 Å². The second-order valence-corrected chi connectivity index (χ2v) is 0.891.